The summed E-state index contributed by atoms with van der Waals surface area (Å²) in [5, 5.41) is 13.9. The zero-order valence-corrected chi connectivity index (χ0v) is 9.93. The molecule has 1 aliphatic rings. The van der Waals surface area contributed by atoms with Crippen molar-refractivity contribution >= 4 is 11.5 Å². The van der Waals surface area contributed by atoms with E-state index in [1.165, 1.54) is 11.5 Å². The highest BCUT2D eigenvalue weighted by Crippen LogP contribution is 2.30. The Bertz CT molecular complexity index is 497. The van der Waals surface area contributed by atoms with E-state index in [1.54, 1.807) is 6.20 Å². The summed E-state index contributed by atoms with van der Waals surface area (Å²) in [7, 11) is 0. The van der Waals surface area contributed by atoms with Gasteiger partial charge in [-0.1, -0.05) is 16.6 Å². The van der Waals surface area contributed by atoms with E-state index < -0.39 is 6.10 Å². The van der Waals surface area contributed by atoms with Gasteiger partial charge in [0.15, 0.2) is 0 Å². The van der Waals surface area contributed by atoms with Crippen molar-refractivity contribution in [1.29, 1.82) is 0 Å². The van der Waals surface area contributed by atoms with E-state index in [-0.39, 0.29) is 0 Å². The van der Waals surface area contributed by atoms with Crippen LogP contribution in [-0.4, -0.2) is 20.8 Å². The molecule has 17 heavy (non-hydrogen) atoms. The number of aliphatic hydroxyl groups excluding tert-OH is 1. The quantitative estimate of drug-likeness (QED) is 0.900. The molecule has 2 aromatic rings. The van der Waals surface area contributed by atoms with Crippen molar-refractivity contribution < 1.29 is 9.84 Å². The standard InChI is InChI=1S/C12H12N2O2S/c15-12(11-7-13-14-17-11)8-2-1-3-10(6-8)16-9-4-5-9/h1-3,6-7,9,12,15H,4-5H2. The summed E-state index contributed by atoms with van der Waals surface area (Å²) < 4.78 is 9.44. The first-order valence-electron chi connectivity index (χ1n) is 5.55. The molecule has 4 nitrogen and oxygen atoms in total. The lowest BCUT2D eigenvalue weighted by atomic mass is 10.1. The maximum Gasteiger partial charge on any atom is 0.120 e. The van der Waals surface area contributed by atoms with E-state index in [0.29, 0.717) is 6.10 Å². The van der Waals surface area contributed by atoms with Gasteiger partial charge in [-0.15, -0.1) is 5.10 Å². The number of aliphatic hydroxyl groups is 1. The molecule has 1 fully saturated rings. The number of hydrogen-bond donors (Lipinski definition) is 1. The van der Waals surface area contributed by atoms with Gasteiger partial charge < -0.3 is 9.84 Å². The summed E-state index contributed by atoms with van der Waals surface area (Å²) in [6, 6.07) is 7.57. The molecule has 1 aromatic carbocycles. The van der Waals surface area contributed by atoms with Gasteiger partial charge in [0, 0.05) is 0 Å². The summed E-state index contributed by atoms with van der Waals surface area (Å²) >= 11 is 1.21. The number of rotatable bonds is 4. The second kappa shape index (κ2) is 4.43. The van der Waals surface area contributed by atoms with Crippen molar-refractivity contribution in [3.05, 3.63) is 40.9 Å². The lowest BCUT2D eigenvalue weighted by molar-refractivity contribution is 0.222. The van der Waals surface area contributed by atoms with Gasteiger partial charge in [0.2, 0.25) is 0 Å². The Balaban J connectivity index is 1.81. The Morgan fingerprint density at radius 3 is 3.00 bits per heavy atom. The molecule has 1 N–H and O–H groups in total. The number of benzene rings is 1. The van der Waals surface area contributed by atoms with Crippen LogP contribution in [0, 0.1) is 0 Å². The average molecular weight is 248 g/mol. The molecule has 1 heterocycles. The predicted octanol–water partition coefficient (Wildman–Crippen LogP) is 2.16. The molecule has 1 atom stereocenters. The van der Waals surface area contributed by atoms with Crippen LogP contribution in [0.2, 0.25) is 0 Å². The third kappa shape index (κ3) is 2.45. The second-order valence-electron chi connectivity index (χ2n) is 4.11. The van der Waals surface area contributed by atoms with Crippen molar-refractivity contribution in [2.24, 2.45) is 0 Å². The Kier molecular flexibility index (Phi) is 2.78. The van der Waals surface area contributed by atoms with Crippen LogP contribution < -0.4 is 4.74 Å². The second-order valence-corrected chi connectivity index (χ2v) is 4.93. The van der Waals surface area contributed by atoms with Crippen LogP contribution in [0.1, 0.15) is 29.4 Å². The van der Waals surface area contributed by atoms with Crippen molar-refractivity contribution in [2.75, 3.05) is 0 Å². The lowest BCUT2D eigenvalue weighted by Crippen LogP contribution is -2.00. The first-order valence-corrected chi connectivity index (χ1v) is 6.32. The van der Waals surface area contributed by atoms with Crippen molar-refractivity contribution in [3.8, 4) is 5.75 Å². The summed E-state index contributed by atoms with van der Waals surface area (Å²) in [5.41, 5.74) is 0.814. The van der Waals surface area contributed by atoms with Crippen LogP contribution in [0.4, 0.5) is 0 Å². The van der Waals surface area contributed by atoms with Crippen LogP contribution in [0.15, 0.2) is 30.5 Å². The third-order valence-electron chi connectivity index (χ3n) is 2.65. The number of nitrogens with zero attached hydrogens (tertiary/aromatic N) is 2. The Hall–Kier alpha value is -1.46. The highest BCUT2D eigenvalue weighted by Gasteiger charge is 2.23. The van der Waals surface area contributed by atoms with Crippen molar-refractivity contribution in [2.45, 2.75) is 25.0 Å². The maximum atomic E-state index is 10.1. The fraction of sp³-hybridized carbons (Fsp3) is 0.333. The minimum Gasteiger partial charge on any atom is -0.490 e. The van der Waals surface area contributed by atoms with E-state index in [0.717, 1.165) is 29.0 Å². The fourth-order valence-electron chi connectivity index (χ4n) is 1.60. The molecule has 0 saturated heterocycles. The van der Waals surface area contributed by atoms with Gasteiger partial charge in [-0.2, -0.15) is 0 Å². The highest BCUT2D eigenvalue weighted by molar-refractivity contribution is 7.05. The molecule has 0 aliphatic heterocycles. The number of aromatic nitrogens is 2. The topological polar surface area (TPSA) is 55.2 Å². The van der Waals surface area contributed by atoms with E-state index >= 15 is 0 Å². The van der Waals surface area contributed by atoms with Crippen LogP contribution >= 0.6 is 11.5 Å². The normalized spacial score (nSPS) is 16.8. The van der Waals surface area contributed by atoms with Crippen LogP contribution in [0.3, 0.4) is 0 Å². The molecule has 0 bridgehead atoms. The minimum atomic E-state index is -0.669. The van der Waals surface area contributed by atoms with E-state index in [1.807, 2.05) is 24.3 Å². The van der Waals surface area contributed by atoms with E-state index in [4.69, 9.17) is 4.74 Å². The van der Waals surface area contributed by atoms with Crippen molar-refractivity contribution in [3.63, 3.8) is 0 Å². The van der Waals surface area contributed by atoms with Crippen LogP contribution in [0.25, 0.3) is 0 Å². The molecule has 0 amide bonds. The van der Waals surface area contributed by atoms with Gasteiger partial charge in [-0.05, 0) is 42.1 Å². The van der Waals surface area contributed by atoms with Gasteiger partial charge in [-0.3, -0.25) is 0 Å². The molecular formula is C12H12N2O2S. The Labute approximate surface area is 103 Å². The zero-order valence-electron chi connectivity index (χ0n) is 9.11. The molecule has 0 spiro atoms. The van der Waals surface area contributed by atoms with E-state index in [2.05, 4.69) is 9.59 Å². The van der Waals surface area contributed by atoms with Gasteiger partial charge in [0.1, 0.15) is 11.9 Å². The van der Waals surface area contributed by atoms with Gasteiger partial charge in [0.25, 0.3) is 0 Å². The first kappa shape index (κ1) is 10.7. The Morgan fingerprint density at radius 1 is 1.41 bits per heavy atom. The fourth-order valence-corrected chi connectivity index (χ4v) is 2.11. The average Bonchev–Trinajstić information content (AvgIpc) is 2.99. The van der Waals surface area contributed by atoms with Crippen LogP contribution in [0.5, 0.6) is 5.75 Å². The molecule has 1 unspecified atom stereocenters. The SMILES string of the molecule is OC(c1cccc(OC2CC2)c1)c1cnns1. The third-order valence-corrected chi connectivity index (χ3v) is 3.36. The van der Waals surface area contributed by atoms with E-state index in [9.17, 15) is 5.11 Å². The summed E-state index contributed by atoms with van der Waals surface area (Å²) in [5.74, 6) is 0.821. The van der Waals surface area contributed by atoms with Crippen LogP contribution in [-0.2, 0) is 0 Å². The minimum absolute atomic E-state index is 0.368. The predicted molar refractivity (Wildman–Crippen MR) is 64.1 cm³/mol. The summed E-state index contributed by atoms with van der Waals surface area (Å²) in [6.45, 7) is 0. The molecule has 3 rings (SSSR count). The number of ether oxygens (including phenoxy) is 1. The molecule has 1 aromatic heterocycles. The largest absolute Gasteiger partial charge is 0.490 e. The summed E-state index contributed by atoms with van der Waals surface area (Å²) in [6.07, 6.45) is 3.55. The lowest BCUT2D eigenvalue weighted by Gasteiger charge is -2.10. The molecule has 0 radical (unpaired) electrons. The highest BCUT2D eigenvalue weighted by atomic mass is 32.1. The summed E-state index contributed by atoms with van der Waals surface area (Å²) in [4.78, 5) is 0.744. The molecule has 88 valence electrons. The molecular weight excluding hydrogens is 236 g/mol. The molecule has 1 aliphatic carbocycles. The number of hydrogen-bond acceptors (Lipinski definition) is 5. The van der Waals surface area contributed by atoms with Crippen molar-refractivity contribution in [1.82, 2.24) is 9.59 Å². The van der Waals surface area contributed by atoms with Gasteiger partial charge >= 0.3 is 0 Å². The smallest absolute Gasteiger partial charge is 0.120 e. The van der Waals surface area contributed by atoms with Gasteiger partial charge in [-0.25, -0.2) is 0 Å². The first-order chi connectivity index (χ1) is 8.33. The monoisotopic (exact) mass is 248 g/mol. The van der Waals surface area contributed by atoms with Gasteiger partial charge in [0.05, 0.1) is 17.2 Å². The Morgan fingerprint density at radius 2 is 2.29 bits per heavy atom. The zero-order chi connectivity index (χ0) is 11.7. The molecule has 1 saturated carbocycles. The molecule has 5 heteroatoms. The maximum absolute atomic E-state index is 10.1.